The van der Waals surface area contributed by atoms with E-state index in [0.717, 1.165) is 44.8 Å². The molecule has 2 atom stereocenters. The smallest absolute Gasteiger partial charge is 0.266 e. The number of anilines is 2. The summed E-state index contributed by atoms with van der Waals surface area (Å²) in [4.78, 5) is 25.4. The Morgan fingerprint density at radius 3 is 2.52 bits per heavy atom. The standard InChI is InChI=1S/C18H22N6O/c1-22-17(25)6-5-16(21-22)23-7-12-9-24(10-13(12)8-23)18-14-3-2-4-15(14)19-11-20-18/h5-6,11-13H,2-4,7-10H2,1H3. The van der Waals surface area contributed by atoms with E-state index in [1.807, 2.05) is 6.07 Å². The molecule has 2 aliphatic heterocycles. The number of hydrogen-bond acceptors (Lipinski definition) is 6. The first-order valence-electron chi connectivity index (χ1n) is 9.06. The molecule has 0 radical (unpaired) electrons. The molecule has 2 fully saturated rings. The van der Waals surface area contributed by atoms with Crippen molar-refractivity contribution in [2.45, 2.75) is 19.3 Å². The topological polar surface area (TPSA) is 67.2 Å². The van der Waals surface area contributed by atoms with Crippen LogP contribution in [0.2, 0.25) is 0 Å². The first-order chi connectivity index (χ1) is 12.2. The van der Waals surface area contributed by atoms with Crippen LogP contribution < -0.4 is 15.4 Å². The first-order valence-corrected chi connectivity index (χ1v) is 9.06. The summed E-state index contributed by atoms with van der Waals surface area (Å²) in [6.07, 6.45) is 5.14. The maximum atomic E-state index is 11.5. The summed E-state index contributed by atoms with van der Waals surface area (Å²) in [5.41, 5.74) is 2.56. The summed E-state index contributed by atoms with van der Waals surface area (Å²) in [7, 11) is 1.71. The molecule has 0 aromatic carbocycles. The predicted molar refractivity (Wildman–Crippen MR) is 94.9 cm³/mol. The van der Waals surface area contributed by atoms with Gasteiger partial charge in [-0.1, -0.05) is 0 Å². The Kier molecular flexibility index (Phi) is 3.29. The van der Waals surface area contributed by atoms with Gasteiger partial charge in [-0.05, 0) is 25.3 Å². The van der Waals surface area contributed by atoms with Gasteiger partial charge in [-0.15, -0.1) is 0 Å². The predicted octanol–water partition coefficient (Wildman–Crippen LogP) is 0.632. The second kappa shape index (κ2) is 5.54. The first kappa shape index (κ1) is 14.9. The van der Waals surface area contributed by atoms with Crippen LogP contribution in [0.4, 0.5) is 11.6 Å². The van der Waals surface area contributed by atoms with Crippen LogP contribution in [0.3, 0.4) is 0 Å². The molecule has 0 amide bonds. The quantitative estimate of drug-likeness (QED) is 0.800. The third-order valence-electron chi connectivity index (χ3n) is 5.91. The van der Waals surface area contributed by atoms with Crippen molar-refractivity contribution in [2.24, 2.45) is 18.9 Å². The zero-order valence-corrected chi connectivity index (χ0v) is 14.4. The van der Waals surface area contributed by atoms with Crippen molar-refractivity contribution in [1.82, 2.24) is 19.7 Å². The Balaban J connectivity index is 1.33. The highest BCUT2D eigenvalue weighted by Crippen LogP contribution is 2.37. The van der Waals surface area contributed by atoms with Crippen LogP contribution in [-0.4, -0.2) is 45.9 Å². The van der Waals surface area contributed by atoms with Crippen LogP contribution in [0.25, 0.3) is 0 Å². The normalized spacial score (nSPS) is 24.7. The van der Waals surface area contributed by atoms with Gasteiger partial charge in [0.25, 0.3) is 5.56 Å². The van der Waals surface area contributed by atoms with Gasteiger partial charge in [-0.3, -0.25) is 4.79 Å². The van der Waals surface area contributed by atoms with Gasteiger partial charge in [-0.25, -0.2) is 14.6 Å². The molecule has 0 saturated carbocycles. The Hall–Kier alpha value is -2.44. The van der Waals surface area contributed by atoms with E-state index >= 15 is 0 Å². The lowest BCUT2D eigenvalue weighted by molar-refractivity contribution is 0.533. The van der Waals surface area contributed by atoms with Gasteiger partial charge in [-0.2, -0.15) is 5.10 Å². The largest absolute Gasteiger partial charge is 0.356 e. The fraction of sp³-hybridized carbons (Fsp3) is 0.556. The monoisotopic (exact) mass is 338 g/mol. The highest BCUT2D eigenvalue weighted by Gasteiger charge is 2.41. The molecule has 5 rings (SSSR count). The maximum absolute atomic E-state index is 11.5. The Bertz CT molecular complexity index is 864. The van der Waals surface area contributed by atoms with Crippen molar-refractivity contribution in [1.29, 1.82) is 0 Å². The zero-order chi connectivity index (χ0) is 17.0. The van der Waals surface area contributed by atoms with E-state index in [2.05, 4.69) is 24.9 Å². The molecule has 2 saturated heterocycles. The minimum atomic E-state index is -0.0630. The molecule has 7 nitrogen and oxygen atoms in total. The fourth-order valence-electron chi connectivity index (χ4n) is 4.63. The molecule has 2 aromatic heterocycles. The van der Waals surface area contributed by atoms with E-state index in [1.165, 1.54) is 28.2 Å². The molecule has 4 heterocycles. The van der Waals surface area contributed by atoms with E-state index in [4.69, 9.17) is 0 Å². The molecule has 25 heavy (non-hydrogen) atoms. The lowest BCUT2D eigenvalue weighted by atomic mass is 10.0. The van der Waals surface area contributed by atoms with Crippen molar-refractivity contribution < 1.29 is 0 Å². The lowest BCUT2D eigenvalue weighted by Gasteiger charge is -2.24. The Morgan fingerprint density at radius 1 is 1.00 bits per heavy atom. The van der Waals surface area contributed by atoms with Gasteiger partial charge in [0, 0.05) is 62.4 Å². The number of aryl methyl sites for hydroxylation is 2. The third-order valence-corrected chi connectivity index (χ3v) is 5.91. The van der Waals surface area contributed by atoms with Gasteiger partial charge >= 0.3 is 0 Å². The molecule has 1 aliphatic carbocycles. The molecule has 2 unspecified atom stereocenters. The fourth-order valence-corrected chi connectivity index (χ4v) is 4.63. The van der Waals surface area contributed by atoms with Crippen molar-refractivity contribution >= 4 is 11.6 Å². The maximum Gasteiger partial charge on any atom is 0.266 e. The molecule has 130 valence electrons. The molecule has 0 N–H and O–H groups in total. The minimum Gasteiger partial charge on any atom is -0.356 e. The van der Waals surface area contributed by atoms with Crippen molar-refractivity contribution in [3.05, 3.63) is 40.1 Å². The van der Waals surface area contributed by atoms with Crippen LogP contribution in [0.1, 0.15) is 17.7 Å². The zero-order valence-electron chi connectivity index (χ0n) is 14.4. The molecule has 0 spiro atoms. The molecular formula is C18H22N6O. The SMILES string of the molecule is Cn1nc(N2CC3CN(c4ncnc5c4CCC5)CC3C2)ccc1=O. The Morgan fingerprint density at radius 2 is 1.76 bits per heavy atom. The second-order valence-corrected chi connectivity index (χ2v) is 7.46. The minimum absolute atomic E-state index is 0.0630. The lowest BCUT2D eigenvalue weighted by Crippen LogP contribution is -2.31. The summed E-state index contributed by atoms with van der Waals surface area (Å²) in [6.45, 7) is 4.10. The van der Waals surface area contributed by atoms with Crippen molar-refractivity contribution in [2.75, 3.05) is 36.0 Å². The number of hydrogen-bond donors (Lipinski definition) is 0. The van der Waals surface area contributed by atoms with Gasteiger partial charge in [0.2, 0.25) is 0 Å². The van der Waals surface area contributed by atoms with E-state index in [0.29, 0.717) is 11.8 Å². The summed E-state index contributed by atoms with van der Waals surface area (Å²) in [6, 6.07) is 3.45. The molecule has 3 aliphatic rings. The summed E-state index contributed by atoms with van der Waals surface area (Å²) in [5, 5.41) is 4.40. The number of nitrogens with zero attached hydrogens (tertiary/aromatic N) is 6. The van der Waals surface area contributed by atoms with Crippen LogP contribution in [0, 0.1) is 11.8 Å². The van der Waals surface area contributed by atoms with Crippen molar-refractivity contribution in [3.63, 3.8) is 0 Å². The summed E-state index contributed by atoms with van der Waals surface area (Å²) in [5.74, 6) is 3.34. The van der Waals surface area contributed by atoms with Crippen molar-refractivity contribution in [3.8, 4) is 0 Å². The van der Waals surface area contributed by atoms with E-state index < -0.39 is 0 Å². The third kappa shape index (κ3) is 2.41. The van der Waals surface area contributed by atoms with Gasteiger partial charge in [0.15, 0.2) is 0 Å². The van der Waals surface area contributed by atoms with Crippen LogP contribution in [0.15, 0.2) is 23.3 Å². The van der Waals surface area contributed by atoms with E-state index in [-0.39, 0.29) is 5.56 Å². The molecule has 7 heteroatoms. The number of aromatic nitrogens is 4. The average Bonchev–Trinajstić information content (AvgIpc) is 3.30. The molecular weight excluding hydrogens is 316 g/mol. The highest BCUT2D eigenvalue weighted by atomic mass is 16.1. The Labute approximate surface area is 146 Å². The van der Waals surface area contributed by atoms with Crippen LogP contribution in [-0.2, 0) is 19.9 Å². The molecule has 2 aromatic rings. The summed E-state index contributed by atoms with van der Waals surface area (Å²) >= 11 is 0. The summed E-state index contributed by atoms with van der Waals surface area (Å²) < 4.78 is 1.42. The average molecular weight is 338 g/mol. The number of rotatable bonds is 2. The second-order valence-electron chi connectivity index (χ2n) is 7.46. The van der Waals surface area contributed by atoms with Gasteiger partial charge in [0.05, 0.1) is 0 Å². The van der Waals surface area contributed by atoms with E-state index in [1.54, 1.807) is 19.4 Å². The number of fused-ring (bicyclic) bond motifs is 2. The van der Waals surface area contributed by atoms with Gasteiger partial charge < -0.3 is 9.80 Å². The van der Waals surface area contributed by atoms with Gasteiger partial charge in [0.1, 0.15) is 18.0 Å². The highest BCUT2D eigenvalue weighted by molar-refractivity contribution is 5.52. The van der Waals surface area contributed by atoms with Crippen LogP contribution >= 0.6 is 0 Å². The van der Waals surface area contributed by atoms with E-state index in [9.17, 15) is 4.79 Å². The van der Waals surface area contributed by atoms with Crippen LogP contribution in [0.5, 0.6) is 0 Å². The molecule has 0 bridgehead atoms.